The maximum atomic E-state index is 14.5. The fourth-order valence-electron chi connectivity index (χ4n) is 3.67. The van der Waals surface area contributed by atoms with Crippen molar-refractivity contribution >= 4 is 5.57 Å². The molecule has 4 heteroatoms. The third-order valence-electron chi connectivity index (χ3n) is 4.83. The number of rotatable bonds is 3. The molecule has 0 saturated heterocycles. The highest BCUT2D eigenvalue weighted by molar-refractivity contribution is 5.72. The summed E-state index contributed by atoms with van der Waals surface area (Å²) in [6.45, 7) is 3.98. The van der Waals surface area contributed by atoms with Crippen LogP contribution >= 0.6 is 0 Å². The lowest BCUT2D eigenvalue weighted by Crippen LogP contribution is -2.21. The quantitative estimate of drug-likeness (QED) is 0.683. The van der Waals surface area contributed by atoms with Crippen LogP contribution in [0.4, 0.5) is 13.2 Å². The van der Waals surface area contributed by atoms with Gasteiger partial charge < -0.3 is 0 Å². The second-order valence-electron chi connectivity index (χ2n) is 6.19. The first-order valence-corrected chi connectivity index (χ1v) is 7.49. The minimum Gasteiger partial charge on any atom is -0.256 e. The zero-order chi connectivity index (χ0) is 15.9. The summed E-state index contributed by atoms with van der Waals surface area (Å²) < 4.78 is 41.8. The molecule has 0 spiro atoms. The summed E-state index contributed by atoms with van der Waals surface area (Å²) >= 11 is 0. The van der Waals surface area contributed by atoms with Gasteiger partial charge in [-0.3, -0.25) is 4.98 Å². The van der Waals surface area contributed by atoms with Crippen molar-refractivity contribution in [1.82, 2.24) is 4.98 Å². The Morgan fingerprint density at radius 3 is 2.64 bits per heavy atom. The summed E-state index contributed by atoms with van der Waals surface area (Å²) in [7, 11) is 0. The van der Waals surface area contributed by atoms with Crippen molar-refractivity contribution < 1.29 is 13.2 Å². The van der Waals surface area contributed by atoms with Gasteiger partial charge in [-0.15, -0.1) is 0 Å². The van der Waals surface area contributed by atoms with E-state index in [2.05, 4.69) is 11.9 Å². The standard InChI is InChI=1S/C18H18F3N/c1-3-5-18(10-11(18)2)14-7-13(20)8-15(21)17(14)16-9-12(19)4-6-22-16/h3-6,8-9,11,14H,7,10H2,1-2H3. The minimum absolute atomic E-state index is 0.135. The van der Waals surface area contributed by atoms with E-state index in [4.69, 9.17) is 0 Å². The fourth-order valence-corrected chi connectivity index (χ4v) is 3.67. The molecule has 1 aromatic rings. The molecule has 2 aliphatic rings. The number of nitrogens with zero attached hydrogens (tertiary/aromatic N) is 1. The van der Waals surface area contributed by atoms with Crippen molar-refractivity contribution in [2.75, 3.05) is 0 Å². The molecule has 0 amide bonds. The summed E-state index contributed by atoms with van der Waals surface area (Å²) in [5, 5.41) is 0. The maximum absolute atomic E-state index is 14.5. The van der Waals surface area contributed by atoms with Gasteiger partial charge in [-0.2, -0.15) is 0 Å². The number of pyridine rings is 1. The van der Waals surface area contributed by atoms with Gasteiger partial charge in [0.05, 0.1) is 5.69 Å². The van der Waals surface area contributed by atoms with Crippen LogP contribution in [0, 0.1) is 23.1 Å². The van der Waals surface area contributed by atoms with Crippen LogP contribution in [0.5, 0.6) is 0 Å². The van der Waals surface area contributed by atoms with E-state index in [-0.39, 0.29) is 23.4 Å². The first kappa shape index (κ1) is 15.1. The Bertz CT molecular complexity index is 689. The van der Waals surface area contributed by atoms with Crippen LogP contribution in [0.1, 0.15) is 32.4 Å². The molecule has 0 aliphatic heterocycles. The average Bonchev–Trinajstić information content (AvgIpc) is 3.09. The van der Waals surface area contributed by atoms with Crippen molar-refractivity contribution in [2.45, 2.75) is 26.7 Å². The molecule has 1 heterocycles. The molecular weight excluding hydrogens is 287 g/mol. The number of allylic oxidation sites excluding steroid dienone is 6. The van der Waals surface area contributed by atoms with E-state index in [1.54, 1.807) is 0 Å². The molecule has 0 N–H and O–H groups in total. The molecule has 3 rings (SSSR count). The van der Waals surface area contributed by atoms with Crippen LogP contribution in [0.15, 0.2) is 48.2 Å². The van der Waals surface area contributed by atoms with Gasteiger partial charge >= 0.3 is 0 Å². The lowest BCUT2D eigenvalue weighted by molar-refractivity contribution is 0.387. The van der Waals surface area contributed by atoms with E-state index in [9.17, 15) is 13.2 Å². The highest BCUT2D eigenvalue weighted by atomic mass is 19.1. The van der Waals surface area contributed by atoms with Crippen LogP contribution in [0.2, 0.25) is 0 Å². The molecule has 0 aromatic carbocycles. The molecular formula is C18H18F3N. The maximum Gasteiger partial charge on any atom is 0.131 e. The van der Waals surface area contributed by atoms with Crippen LogP contribution in [-0.2, 0) is 0 Å². The van der Waals surface area contributed by atoms with Gasteiger partial charge in [0.2, 0.25) is 0 Å². The summed E-state index contributed by atoms with van der Waals surface area (Å²) in [4.78, 5) is 4.10. The van der Waals surface area contributed by atoms with Crippen molar-refractivity contribution in [1.29, 1.82) is 0 Å². The molecule has 116 valence electrons. The van der Waals surface area contributed by atoms with Crippen molar-refractivity contribution in [3.63, 3.8) is 0 Å². The van der Waals surface area contributed by atoms with Gasteiger partial charge in [0.15, 0.2) is 0 Å². The van der Waals surface area contributed by atoms with Crippen molar-refractivity contribution in [2.24, 2.45) is 17.3 Å². The zero-order valence-corrected chi connectivity index (χ0v) is 12.6. The van der Waals surface area contributed by atoms with E-state index < -0.39 is 17.5 Å². The smallest absolute Gasteiger partial charge is 0.131 e. The Hall–Kier alpha value is -1.84. The molecule has 3 unspecified atom stereocenters. The summed E-state index contributed by atoms with van der Waals surface area (Å²) in [5.74, 6) is -1.59. The number of hydrogen-bond acceptors (Lipinski definition) is 1. The number of aromatic nitrogens is 1. The molecule has 2 aliphatic carbocycles. The van der Waals surface area contributed by atoms with Gasteiger partial charge in [0, 0.05) is 30.2 Å². The van der Waals surface area contributed by atoms with E-state index in [0.717, 1.165) is 12.5 Å². The van der Waals surface area contributed by atoms with E-state index in [1.165, 1.54) is 18.3 Å². The Balaban J connectivity index is 2.12. The second kappa shape index (κ2) is 5.41. The highest BCUT2D eigenvalue weighted by Gasteiger charge is 2.56. The average molecular weight is 305 g/mol. The molecule has 1 nitrogen and oxygen atoms in total. The summed E-state index contributed by atoms with van der Waals surface area (Å²) in [6.07, 6.45) is 7.18. The summed E-state index contributed by atoms with van der Waals surface area (Å²) in [6, 6.07) is 2.44. The van der Waals surface area contributed by atoms with Gasteiger partial charge in [-0.1, -0.05) is 19.1 Å². The van der Waals surface area contributed by atoms with Gasteiger partial charge in [0.1, 0.15) is 17.5 Å². The van der Waals surface area contributed by atoms with Gasteiger partial charge in [0.25, 0.3) is 0 Å². The molecule has 3 atom stereocenters. The van der Waals surface area contributed by atoms with Crippen molar-refractivity contribution in [3.8, 4) is 0 Å². The minimum atomic E-state index is -0.644. The fraction of sp³-hybridized carbons (Fsp3) is 0.389. The highest BCUT2D eigenvalue weighted by Crippen LogP contribution is 2.64. The third kappa shape index (κ3) is 2.40. The van der Waals surface area contributed by atoms with Crippen LogP contribution in [0.3, 0.4) is 0 Å². The van der Waals surface area contributed by atoms with Gasteiger partial charge in [-0.05, 0) is 36.8 Å². The molecule has 1 saturated carbocycles. The molecule has 0 radical (unpaired) electrons. The van der Waals surface area contributed by atoms with Crippen LogP contribution in [0.25, 0.3) is 5.57 Å². The van der Waals surface area contributed by atoms with Crippen LogP contribution in [-0.4, -0.2) is 4.98 Å². The molecule has 22 heavy (non-hydrogen) atoms. The normalized spacial score (nSPS) is 31.6. The Morgan fingerprint density at radius 1 is 1.32 bits per heavy atom. The van der Waals surface area contributed by atoms with Crippen molar-refractivity contribution in [3.05, 3.63) is 59.7 Å². The first-order chi connectivity index (χ1) is 10.5. The topological polar surface area (TPSA) is 12.9 Å². The lowest BCUT2D eigenvalue weighted by atomic mass is 9.75. The second-order valence-corrected chi connectivity index (χ2v) is 6.19. The van der Waals surface area contributed by atoms with Crippen LogP contribution < -0.4 is 0 Å². The zero-order valence-electron chi connectivity index (χ0n) is 12.6. The third-order valence-corrected chi connectivity index (χ3v) is 4.83. The molecule has 1 aromatic heterocycles. The summed E-state index contributed by atoms with van der Waals surface area (Å²) in [5.41, 5.74) is 0.318. The molecule has 1 fully saturated rings. The monoisotopic (exact) mass is 305 g/mol. The van der Waals surface area contributed by atoms with E-state index in [1.807, 2.05) is 19.1 Å². The lowest BCUT2D eigenvalue weighted by Gasteiger charge is -2.30. The predicted molar refractivity (Wildman–Crippen MR) is 80.5 cm³/mol. The first-order valence-electron chi connectivity index (χ1n) is 7.49. The Labute approximate surface area is 128 Å². The molecule has 0 bridgehead atoms. The largest absolute Gasteiger partial charge is 0.256 e. The van der Waals surface area contributed by atoms with Gasteiger partial charge in [-0.25, -0.2) is 13.2 Å². The SMILES string of the molecule is CC=CC1(C2CC(F)=CC(F)=C2c2cc(F)ccn2)CC1C. The predicted octanol–water partition coefficient (Wildman–Crippen LogP) is 5.38. The Morgan fingerprint density at radius 2 is 2.05 bits per heavy atom. The Kier molecular flexibility index (Phi) is 3.71. The number of hydrogen-bond donors (Lipinski definition) is 0. The number of halogens is 3. The van der Waals surface area contributed by atoms with E-state index >= 15 is 0 Å². The van der Waals surface area contributed by atoms with E-state index in [0.29, 0.717) is 11.5 Å².